The van der Waals surface area contributed by atoms with Gasteiger partial charge < -0.3 is 15.2 Å². The second-order valence-electron chi connectivity index (χ2n) is 2.90. The molecule has 0 aromatic heterocycles. The van der Waals surface area contributed by atoms with E-state index < -0.39 is 6.10 Å². The highest BCUT2D eigenvalue weighted by Gasteiger charge is 2.24. The molecule has 1 aliphatic rings. The van der Waals surface area contributed by atoms with Crippen LogP contribution in [0.25, 0.3) is 0 Å². The molecule has 0 bridgehead atoms. The minimum absolute atomic E-state index is 0.0257. The fourth-order valence-electron chi connectivity index (χ4n) is 1.21. The van der Waals surface area contributed by atoms with E-state index in [1.807, 2.05) is 0 Å². The molecule has 4 nitrogen and oxygen atoms in total. The first-order valence-electron chi connectivity index (χ1n) is 3.98. The van der Waals surface area contributed by atoms with E-state index in [4.69, 9.17) is 4.74 Å². The van der Waals surface area contributed by atoms with Gasteiger partial charge in [0, 0.05) is 0 Å². The third-order valence-corrected chi connectivity index (χ3v) is 1.93. The Balaban J connectivity index is 2.48. The molecule has 2 N–H and O–H groups in total. The van der Waals surface area contributed by atoms with E-state index in [9.17, 15) is 9.90 Å². The van der Waals surface area contributed by atoms with Crippen molar-refractivity contribution in [2.75, 3.05) is 5.32 Å². The maximum Gasteiger partial charge on any atom is 0.265 e. The summed E-state index contributed by atoms with van der Waals surface area (Å²) in [6.45, 7) is 1.66. The molecule has 1 aliphatic heterocycles. The fraction of sp³-hybridized carbons (Fsp3) is 0.222. The molecule has 0 radical (unpaired) electrons. The van der Waals surface area contributed by atoms with Crippen LogP contribution < -0.4 is 10.1 Å². The van der Waals surface area contributed by atoms with Gasteiger partial charge in [0.2, 0.25) is 0 Å². The summed E-state index contributed by atoms with van der Waals surface area (Å²) in [5, 5.41) is 11.9. The molecule has 4 heteroatoms. The smallest absolute Gasteiger partial charge is 0.265 e. The van der Waals surface area contributed by atoms with Crippen LogP contribution in [0.1, 0.15) is 6.92 Å². The zero-order valence-electron chi connectivity index (χ0n) is 7.07. The molecule has 1 unspecified atom stereocenters. The van der Waals surface area contributed by atoms with Crippen LogP contribution in [-0.2, 0) is 4.79 Å². The van der Waals surface area contributed by atoms with Gasteiger partial charge in [0.15, 0.2) is 6.10 Å². The van der Waals surface area contributed by atoms with Crippen molar-refractivity contribution in [3.63, 3.8) is 0 Å². The average molecular weight is 179 g/mol. The maximum atomic E-state index is 11.2. The number of nitrogens with one attached hydrogen (secondary N) is 1. The van der Waals surface area contributed by atoms with Crippen molar-refractivity contribution in [2.45, 2.75) is 13.0 Å². The second-order valence-corrected chi connectivity index (χ2v) is 2.90. The van der Waals surface area contributed by atoms with Crippen molar-refractivity contribution < 1.29 is 14.6 Å². The number of ether oxygens (including phenoxy) is 1. The summed E-state index contributed by atoms with van der Waals surface area (Å²) >= 11 is 0. The van der Waals surface area contributed by atoms with Crippen LogP contribution in [0.15, 0.2) is 18.2 Å². The Morgan fingerprint density at radius 1 is 1.54 bits per heavy atom. The molecule has 1 aromatic carbocycles. The number of phenolic OH excluding ortho intramolecular Hbond substituents is 1. The lowest BCUT2D eigenvalue weighted by Crippen LogP contribution is -2.34. The van der Waals surface area contributed by atoms with Crippen molar-refractivity contribution >= 4 is 11.6 Å². The molecule has 0 saturated carbocycles. The zero-order chi connectivity index (χ0) is 9.42. The minimum atomic E-state index is -0.505. The summed E-state index contributed by atoms with van der Waals surface area (Å²) in [6, 6.07) is 4.86. The summed E-state index contributed by atoms with van der Waals surface area (Å²) < 4.78 is 5.25. The number of hydrogen-bond acceptors (Lipinski definition) is 3. The molecule has 0 aliphatic carbocycles. The Bertz CT molecular complexity index is 362. The van der Waals surface area contributed by atoms with Crippen LogP contribution in [0.3, 0.4) is 0 Å². The highest BCUT2D eigenvalue weighted by Crippen LogP contribution is 2.36. The third-order valence-electron chi connectivity index (χ3n) is 1.93. The first-order valence-corrected chi connectivity index (χ1v) is 3.98. The Labute approximate surface area is 75.1 Å². The molecule has 0 saturated heterocycles. The van der Waals surface area contributed by atoms with Crippen molar-refractivity contribution in [1.82, 2.24) is 0 Å². The van der Waals surface area contributed by atoms with E-state index in [0.29, 0.717) is 11.4 Å². The molecule has 1 amide bonds. The molecule has 1 aromatic rings. The van der Waals surface area contributed by atoms with Gasteiger partial charge in [-0.3, -0.25) is 4.79 Å². The molecule has 13 heavy (non-hydrogen) atoms. The van der Waals surface area contributed by atoms with E-state index in [0.717, 1.165) is 0 Å². The molecule has 68 valence electrons. The van der Waals surface area contributed by atoms with E-state index in [1.54, 1.807) is 19.1 Å². The van der Waals surface area contributed by atoms with E-state index in [-0.39, 0.29) is 11.7 Å². The molecular weight excluding hydrogens is 170 g/mol. The Hall–Kier alpha value is -1.71. The van der Waals surface area contributed by atoms with Crippen LogP contribution in [0, 0.1) is 0 Å². The van der Waals surface area contributed by atoms with Crippen LogP contribution in [0.5, 0.6) is 11.5 Å². The first kappa shape index (κ1) is 7.91. The lowest BCUT2D eigenvalue weighted by atomic mass is 10.2. The van der Waals surface area contributed by atoms with E-state index >= 15 is 0 Å². The number of amides is 1. The number of benzene rings is 1. The monoisotopic (exact) mass is 179 g/mol. The number of carbonyl (C=O) groups is 1. The van der Waals surface area contributed by atoms with Gasteiger partial charge in [-0.15, -0.1) is 0 Å². The van der Waals surface area contributed by atoms with Crippen molar-refractivity contribution in [2.24, 2.45) is 0 Å². The quantitative estimate of drug-likeness (QED) is 0.586. The van der Waals surface area contributed by atoms with Gasteiger partial charge >= 0.3 is 0 Å². The first-order chi connectivity index (χ1) is 6.18. The fourth-order valence-corrected chi connectivity index (χ4v) is 1.21. The van der Waals surface area contributed by atoms with E-state index in [2.05, 4.69) is 5.32 Å². The average Bonchev–Trinajstić information content (AvgIpc) is 2.09. The van der Waals surface area contributed by atoms with Crippen LogP contribution in [-0.4, -0.2) is 17.1 Å². The lowest BCUT2D eigenvalue weighted by molar-refractivity contribution is -0.122. The van der Waals surface area contributed by atoms with Gasteiger partial charge in [0.05, 0.1) is 0 Å². The Morgan fingerprint density at radius 3 is 3.08 bits per heavy atom. The molecule has 0 fully saturated rings. The SMILES string of the molecule is CC1Oc2cccc(O)c2NC1=O. The molecule has 2 rings (SSSR count). The number of aromatic hydroxyl groups is 1. The predicted molar refractivity (Wildman–Crippen MR) is 46.8 cm³/mol. The topological polar surface area (TPSA) is 58.6 Å². The number of rotatable bonds is 0. The molecule has 1 atom stereocenters. The highest BCUT2D eigenvalue weighted by molar-refractivity contribution is 5.98. The highest BCUT2D eigenvalue weighted by atomic mass is 16.5. The normalized spacial score (nSPS) is 20.1. The summed E-state index contributed by atoms with van der Waals surface area (Å²) in [7, 11) is 0. The maximum absolute atomic E-state index is 11.2. The van der Waals surface area contributed by atoms with Gasteiger partial charge in [-0.25, -0.2) is 0 Å². The van der Waals surface area contributed by atoms with Gasteiger partial charge in [-0.05, 0) is 19.1 Å². The van der Waals surface area contributed by atoms with E-state index in [1.165, 1.54) is 6.07 Å². The number of para-hydroxylation sites is 1. The number of anilines is 1. The van der Waals surface area contributed by atoms with Crippen LogP contribution in [0.2, 0.25) is 0 Å². The second kappa shape index (κ2) is 2.65. The van der Waals surface area contributed by atoms with Crippen LogP contribution in [0.4, 0.5) is 5.69 Å². The van der Waals surface area contributed by atoms with Gasteiger partial charge in [0.1, 0.15) is 17.2 Å². The summed E-state index contributed by atoms with van der Waals surface area (Å²) in [5.41, 5.74) is 0.352. The van der Waals surface area contributed by atoms with Crippen LogP contribution >= 0.6 is 0 Å². The Morgan fingerprint density at radius 2 is 2.31 bits per heavy atom. The lowest BCUT2D eigenvalue weighted by Gasteiger charge is -2.23. The summed E-state index contributed by atoms with van der Waals surface area (Å²) in [4.78, 5) is 11.2. The Kier molecular flexibility index (Phi) is 1.62. The predicted octanol–water partition coefficient (Wildman–Crippen LogP) is 1.11. The minimum Gasteiger partial charge on any atom is -0.506 e. The third kappa shape index (κ3) is 1.20. The van der Waals surface area contributed by atoms with Gasteiger partial charge in [-0.2, -0.15) is 0 Å². The molecular formula is C9H9NO3. The van der Waals surface area contributed by atoms with Crippen molar-refractivity contribution in [3.8, 4) is 11.5 Å². The van der Waals surface area contributed by atoms with Gasteiger partial charge in [-0.1, -0.05) is 6.07 Å². The standard InChI is InChI=1S/C9H9NO3/c1-5-9(12)10-8-6(11)3-2-4-7(8)13-5/h2-5,11H,1H3,(H,10,12). The summed E-state index contributed by atoms with van der Waals surface area (Å²) in [6.07, 6.45) is -0.505. The molecule has 1 heterocycles. The number of hydrogen-bond donors (Lipinski definition) is 2. The van der Waals surface area contributed by atoms with Crippen molar-refractivity contribution in [1.29, 1.82) is 0 Å². The van der Waals surface area contributed by atoms with Crippen molar-refractivity contribution in [3.05, 3.63) is 18.2 Å². The summed E-state index contributed by atoms with van der Waals surface area (Å²) in [5.74, 6) is 0.291. The number of carbonyl (C=O) groups excluding carboxylic acids is 1. The largest absolute Gasteiger partial charge is 0.506 e. The molecule has 0 spiro atoms. The zero-order valence-corrected chi connectivity index (χ0v) is 7.07. The number of fused-ring (bicyclic) bond motifs is 1. The van der Waals surface area contributed by atoms with Gasteiger partial charge in [0.25, 0.3) is 5.91 Å². The number of phenols is 1.